The number of carbonyl (C=O) groups excluding carboxylic acids is 5. The van der Waals surface area contributed by atoms with E-state index in [0.29, 0.717) is 28.1 Å². The number of anilines is 1. The van der Waals surface area contributed by atoms with Gasteiger partial charge in [-0.05, 0) is 56.2 Å². The number of para-hydroxylation sites is 1. The van der Waals surface area contributed by atoms with Crippen molar-refractivity contribution in [2.24, 2.45) is 0 Å². The molecule has 2 aliphatic heterocycles. The van der Waals surface area contributed by atoms with E-state index in [9.17, 15) is 24.0 Å². The number of amides is 4. The smallest absolute Gasteiger partial charge is 0.265 e. The summed E-state index contributed by atoms with van der Waals surface area (Å²) in [5.41, 5.74) is 1.95. The second-order valence-corrected chi connectivity index (χ2v) is 8.07. The fourth-order valence-corrected chi connectivity index (χ4v) is 4.02. The summed E-state index contributed by atoms with van der Waals surface area (Å²) in [5, 5.41) is 4.98. The molecule has 0 saturated carbocycles. The van der Waals surface area contributed by atoms with Gasteiger partial charge in [-0.3, -0.25) is 29.3 Å². The summed E-state index contributed by atoms with van der Waals surface area (Å²) < 4.78 is 5.77. The summed E-state index contributed by atoms with van der Waals surface area (Å²) in [6, 6.07) is 10.9. The van der Waals surface area contributed by atoms with Gasteiger partial charge >= 0.3 is 0 Å². The maximum atomic E-state index is 12.8. The highest BCUT2D eigenvalue weighted by Crippen LogP contribution is 2.30. The van der Waals surface area contributed by atoms with Crippen molar-refractivity contribution in [3.8, 4) is 5.75 Å². The lowest BCUT2D eigenvalue weighted by molar-refractivity contribution is -0.137. The van der Waals surface area contributed by atoms with Crippen molar-refractivity contribution in [1.82, 2.24) is 10.2 Å². The van der Waals surface area contributed by atoms with Crippen LogP contribution in [0.1, 0.15) is 53.0 Å². The number of nitrogens with zero attached hydrogens (tertiary/aromatic N) is 1. The van der Waals surface area contributed by atoms with Gasteiger partial charge in [-0.25, -0.2) is 0 Å². The maximum absolute atomic E-state index is 12.8. The van der Waals surface area contributed by atoms with Crippen LogP contribution in [-0.2, 0) is 20.9 Å². The summed E-state index contributed by atoms with van der Waals surface area (Å²) >= 11 is 0. The maximum Gasteiger partial charge on any atom is 0.265 e. The molecule has 2 atom stereocenters. The Morgan fingerprint density at radius 2 is 1.91 bits per heavy atom. The second-order valence-electron chi connectivity index (χ2n) is 8.07. The largest absolute Gasteiger partial charge is 0.481 e. The number of benzene rings is 2. The Morgan fingerprint density at radius 3 is 2.64 bits per heavy atom. The SMILES string of the molecule is CC(=O)c1ccccc1NC(=O)C(C)Oc1ccc2c(c1)CN(C1CCC(=O)NC1=O)C2=O. The molecule has 2 aromatic carbocycles. The molecule has 4 amide bonds. The molecule has 9 nitrogen and oxygen atoms in total. The predicted molar refractivity (Wildman–Crippen MR) is 118 cm³/mol. The molecule has 0 aliphatic carbocycles. The zero-order valence-electron chi connectivity index (χ0n) is 18.2. The van der Waals surface area contributed by atoms with Crippen LogP contribution in [0.25, 0.3) is 0 Å². The van der Waals surface area contributed by atoms with E-state index in [0.717, 1.165) is 0 Å². The number of ether oxygens (including phenoxy) is 1. The number of carbonyl (C=O) groups is 5. The Bertz CT molecular complexity index is 1170. The third kappa shape index (κ3) is 4.48. The molecule has 170 valence electrons. The lowest BCUT2D eigenvalue weighted by Crippen LogP contribution is -2.52. The van der Waals surface area contributed by atoms with Crippen molar-refractivity contribution >= 4 is 35.1 Å². The average molecular weight is 449 g/mol. The van der Waals surface area contributed by atoms with E-state index in [2.05, 4.69) is 10.6 Å². The number of Topliss-reactive ketones (excluding diaryl/α,β-unsaturated/α-hetero) is 1. The Balaban J connectivity index is 1.44. The topological polar surface area (TPSA) is 122 Å². The monoisotopic (exact) mass is 449 g/mol. The van der Waals surface area contributed by atoms with Crippen LogP contribution < -0.4 is 15.4 Å². The normalized spacial score (nSPS) is 18.4. The number of nitrogens with one attached hydrogen (secondary N) is 2. The summed E-state index contributed by atoms with van der Waals surface area (Å²) in [4.78, 5) is 62.2. The van der Waals surface area contributed by atoms with Gasteiger partial charge in [0, 0.05) is 24.1 Å². The molecule has 2 heterocycles. The van der Waals surface area contributed by atoms with E-state index in [1.807, 2.05) is 0 Å². The molecule has 1 saturated heterocycles. The quantitative estimate of drug-likeness (QED) is 0.514. The molecule has 0 bridgehead atoms. The van der Waals surface area contributed by atoms with Gasteiger partial charge in [-0.1, -0.05) is 12.1 Å². The highest BCUT2D eigenvalue weighted by Gasteiger charge is 2.39. The van der Waals surface area contributed by atoms with Crippen molar-refractivity contribution in [3.63, 3.8) is 0 Å². The van der Waals surface area contributed by atoms with Gasteiger partial charge in [-0.15, -0.1) is 0 Å². The van der Waals surface area contributed by atoms with E-state index >= 15 is 0 Å². The molecule has 2 N–H and O–H groups in total. The second kappa shape index (κ2) is 8.85. The molecule has 4 rings (SSSR count). The molecule has 0 radical (unpaired) electrons. The molecule has 9 heteroatoms. The van der Waals surface area contributed by atoms with Crippen molar-refractivity contribution in [2.45, 2.75) is 45.4 Å². The van der Waals surface area contributed by atoms with Crippen LogP contribution in [0.15, 0.2) is 42.5 Å². The average Bonchev–Trinajstić information content (AvgIpc) is 3.09. The summed E-state index contributed by atoms with van der Waals surface area (Å²) in [6.45, 7) is 3.22. The number of hydrogen-bond donors (Lipinski definition) is 2. The van der Waals surface area contributed by atoms with E-state index in [1.165, 1.54) is 11.8 Å². The first kappa shape index (κ1) is 22.2. The van der Waals surface area contributed by atoms with Crippen LogP contribution in [0.3, 0.4) is 0 Å². The van der Waals surface area contributed by atoms with Crippen LogP contribution in [-0.4, -0.2) is 46.5 Å². The Morgan fingerprint density at radius 1 is 1.15 bits per heavy atom. The lowest BCUT2D eigenvalue weighted by Gasteiger charge is -2.29. The van der Waals surface area contributed by atoms with Gasteiger partial charge in [-0.2, -0.15) is 0 Å². The number of hydrogen-bond acceptors (Lipinski definition) is 6. The van der Waals surface area contributed by atoms with E-state index in [1.54, 1.807) is 49.4 Å². The first-order valence-corrected chi connectivity index (χ1v) is 10.6. The van der Waals surface area contributed by atoms with E-state index in [-0.39, 0.29) is 37.0 Å². The first-order chi connectivity index (χ1) is 15.7. The zero-order chi connectivity index (χ0) is 23.7. The van der Waals surface area contributed by atoms with Gasteiger partial charge in [0.15, 0.2) is 11.9 Å². The number of fused-ring (bicyclic) bond motifs is 1. The van der Waals surface area contributed by atoms with Gasteiger partial charge in [0.2, 0.25) is 11.8 Å². The van der Waals surface area contributed by atoms with Crippen molar-refractivity contribution in [3.05, 3.63) is 59.2 Å². The summed E-state index contributed by atoms with van der Waals surface area (Å²) in [7, 11) is 0. The minimum atomic E-state index is -0.869. The van der Waals surface area contributed by atoms with E-state index < -0.39 is 24.0 Å². The highest BCUT2D eigenvalue weighted by molar-refractivity contribution is 6.06. The van der Waals surface area contributed by atoms with Gasteiger partial charge in [0.25, 0.3) is 11.8 Å². The standard InChI is InChI=1S/C24H23N3O6/c1-13(28)17-5-3-4-6-19(17)25-22(30)14(2)33-16-7-8-18-15(11-16)12-27(24(18)32)20-9-10-21(29)26-23(20)31/h3-8,11,14,20H,9-10,12H2,1-2H3,(H,25,30)(H,26,29,31). The first-order valence-electron chi connectivity index (χ1n) is 10.6. The van der Waals surface area contributed by atoms with Gasteiger partial charge in [0.1, 0.15) is 11.8 Å². The van der Waals surface area contributed by atoms with Crippen molar-refractivity contribution in [1.29, 1.82) is 0 Å². The molecule has 33 heavy (non-hydrogen) atoms. The van der Waals surface area contributed by atoms with Crippen LogP contribution in [0.4, 0.5) is 5.69 Å². The lowest BCUT2D eigenvalue weighted by atomic mass is 10.0. The minimum Gasteiger partial charge on any atom is -0.481 e. The number of piperidine rings is 1. The number of rotatable bonds is 6. The number of ketones is 1. The number of imide groups is 1. The Kier molecular flexibility index (Phi) is 5.95. The van der Waals surface area contributed by atoms with Crippen LogP contribution in [0, 0.1) is 0 Å². The van der Waals surface area contributed by atoms with Crippen LogP contribution >= 0.6 is 0 Å². The highest BCUT2D eigenvalue weighted by atomic mass is 16.5. The molecule has 2 aromatic rings. The molecular weight excluding hydrogens is 426 g/mol. The summed E-state index contributed by atoms with van der Waals surface area (Å²) in [6.07, 6.45) is -0.400. The van der Waals surface area contributed by atoms with E-state index in [4.69, 9.17) is 4.74 Å². The Labute approximate surface area is 190 Å². The fraction of sp³-hybridized carbons (Fsp3) is 0.292. The third-order valence-electron chi connectivity index (χ3n) is 5.74. The van der Waals surface area contributed by atoms with Gasteiger partial charge < -0.3 is 15.0 Å². The zero-order valence-corrected chi connectivity index (χ0v) is 18.2. The molecular formula is C24H23N3O6. The molecule has 1 fully saturated rings. The van der Waals surface area contributed by atoms with Gasteiger partial charge in [0.05, 0.1) is 5.69 Å². The molecule has 2 unspecified atom stereocenters. The Hall–Kier alpha value is -4.01. The van der Waals surface area contributed by atoms with Crippen molar-refractivity contribution in [2.75, 3.05) is 5.32 Å². The van der Waals surface area contributed by atoms with Crippen LogP contribution in [0.5, 0.6) is 5.75 Å². The van der Waals surface area contributed by atoms with Crippen molar-refractivity contribution < 1.29 is 28.7 Å². The predicted octanol–water partition coefficient (Wildman–Crippen LogP) is 2.06. The third-order valence-corrected chi connectivity index (χ3v) is 5.74. The van der Waals surface area contributed by atoms with Crippen LogP contribution in [0.2, 0.25) is 0 Å². The fourth-order valence-electron chi connectivity index (χ4n) is 4.02. The molecule has 0 spiro atoms. The molecule has 0 aromatic heterocycles. The molecule has 2 aliphatic rings. The minimum absolute atomic E-state index is 0.164. The summed E-state index contributed by atoms with van der Waals surface area (Å²) in [5.74, 6) is -1.28.